The number of allylic oxidation sites excluding steroid dienone is 12. The summed E-state index contributed by atoms with van der Waals surface area (Å²) in [6.45, 7) is 3.60. The van der Waals surface area contributed by atoms with E-state index >= 15 is 0 Å². The average Bonchev–Trinajstić information content (AvgIpc) is 3.25. The van der Waals surface area contributed by atoms with Crippen LogP contribution < -0.4 is 5.73 Å². The molecule has 0 aromatic rings. The summed E-state index contributed by atoms with van der Waals surface area (Å²) in [5, 5.41) is 0. The molecule has 0 spiro atoms. The van der Waals surface area contributed by atoms with Crippen LogP contribution in [0.25, 0.3) is 0 Å². The highest BCUT2D eigenvalue weighted by atomic mass is 31.2. The van der Waals surface area contributed by atoms with Crippen LogP contribution in [-0.4, -0.2) is 49.3 Å². The fraction of sp³-hybridized carbons (Fsp3) is 0.725. The highest BCUT2D eigenvalue weighted by Gasteiger charge is 2.26. The summed E-state index contributed by atoms with van der Waals surface area (Å²) in [7, 11) is -4.39. The third-order valence-corrected chi connectivity index (χ3v) is 11.1. The number of esters is 2. The normalized spacial score (nSPS) is 13.8. The fourth-order valence-corrected chi connectivity index (χ4v) is 7.29. The second-order valence-electron chi connectivity index (χ2n) is 16.0. The standard InChI is InChI=1S/C51H90NO8P/c1-3-5-7-9-11-13-15-17-19-21-22-23-24-25-26-28-30-32-34-36-38-40-42-44-51(54)60-49(48-59-61(55,56)58-46-45-52)47-57-50(53)43-41-39-37-35-33-31-29-27-20-18-16-14-12-10-8-6-4-2/h5,7,11,13,17,19,22-23,25-26,30,32,49H,3-4,6,8-10,12,14-16,18,20-21,24,27-29,31,33-48,52H2,1-2H3,(H,55,56)/b7-5-,13-11-,19-17-,23-22-,26-25-,32-30-. The summed E-state index contributed by atoms with van der Waals surface area (Å²) in [4.78, 5) is 35.0. The van der Waals surface area contributed by atoms with Gasteiger partial charge in [-0.2, -0.15) is 0 Å². The van der Waals surface area contributed by atoms with Gasteiger partial charge < -0.3 is 20.1 Å². The first-order valence-electron chi connectivity index (χ1n) is 24.4. The van der Waals surface area contributed by atoms with Gasteiger partial charge in [-0.1, -0.05) is 202 Å². The Morgan fingerprint density at radius 1 is 0.508 bits per heavy atom. The lowest BCUT2D eigenvalue weighted by atomic mass is 10.0. The first kappa shape index (κ1) is 58.5. The number of carbonyl (C=O) groups excluding carboxylic acids is 2. The maximum absolute atomic E-state index is 12.6. The smallest absolute Gasteiger partial charge is 0.462 e. The minimum atomic E-state index is -4.39. The molecule has 0 aliphatic rings. The van der Waals surface area contributed by atoms with E-state index in [0.29, 0.717) is 6.42 Å². The third-order valence-electron chi connectivity index (χ3n) is 10.1. The molecule has 2 atom stereocenters. The first-order chi connectivity index (χ1) is 29.8. The molecule has 9 nitrogen and oxygen atoms in total. The summed E-state index contributed by atoms with van der Waals surface area (Å²) >= 11 is 0. The van der Waals surface area contributed by atoms with Gasteiger partial charge in [-0.3, -0.25) is 18.6 Å². The maximum Gasteiger partial charge on any atom is 0.472 e. The Labute approximate surface area is 373 Å². The second-order valence-corrected chi connectivity index (χ2v) is 17.4. The Kier molecular flexibility index (Phi) is 45.0. The molecule has 61 heavy (non-hydrogen) atoms. The van der Waals surface area contributed by atoms with Crippen molar-refractivity contribution in [2.75, 3.05) is 26.4 Å². The Hall–Kier alpha value is -2.55. The summed E-state index contributed by atoms with van der Waals surface area (Å²) in [5.41, 5.74) is 5.36. The molecule has 0 saturated carbocycles. The first-order valence-corrected chi connectivity index (χ1v) is 25.9. The SMILES string of the molecule is CC/C=C\C/C=C\C/C=C\C/C=C\C/C=C\C/C=C\CCCCCCC(=O)OC(COC(=O)CCCCCCCCCCCCCCCCCCC)COP(=O)(O)OCCN. The number of hydrogen-bond donors (Lipinski definition) is 2. The molecular weight excluding hydrogens is 786 g/mol. The zero-order valence-corrected chi connectivity index (χ0v) is 39.8. The lowest BCUT2D eigenvalue weighted by Crippen LogP contribution is -2.29. The fourth-order valence-electron chi connectivity index (χ4n) is 6.52. The molecule has 0 rings (SSSR count). The molecule has 0 saturated heterocycles. The molecule has 0 aliphatic heterocycles. The van der Waals surface area contributed by atoms with Crippen LogP contribution in [0, 0.1) is 0 Å². The lowest BCUT2D eigenvalue weighted by molar-refractivity contribution is -0.161. The minimum absolute atomic E-state index is 0.0464. The number of rotatable bonds is 45. The van der Waals surface area contributed by atoms with Gasteiger partial charge in [-0.05, 0) is 64.2 Å². The summed E-state index contributed by atoms with van der Waals surface area (Å²) in [6.07, 6.45) is 57.9. The Morgan fingerprint density at radius 2 is 0.902 bits per heavy atom. The van der Waals surface area contributed by atoms with Gasteiger partial charge in [0.15, 0.2) is 6.10 Å². The van der Waals surface area contributed by atoms with E-state index in [1.807, 2.05) is 0 Å². The zero-order chi connectivity index (χ0) is 44.6. The molecule has 0 bridgehead atoms. The van der Waals surface area contributed by atoms with E-state index in [4.69, 9.17) is 24.3 Å². The summed E-state index contributed by atoms with van der Waals surface area (Å²) < 4.78 is 32.9. The number of hydrogen-bond acceptors (Lipinski definition) is 8. The monoisotopic (exact) mass is 876 g/mol. The molecule has 10 heteroatoms. The van der Waals surface area contributed by atoms with E-state index in [2.05, 4.69) is 86.8 Å². The number of unbranched alkanes of at least 4 members (excludes halogenated alkanes) is 20. The van der Waals surface area contributed by atoms with Crippen LogP contribution in [0.2, 0.25) is 0 Å². The van der Waals surface area contributed by atoms with Crippen LogP contribution in [-0.2, 0) is 32.7 Å². The molecule has 0 amide bonds. The van der Waals surface area contributed by atoms with Crippen molar-refractivity contribution in [3.63, 3.8) is 0 Å². The van der Waals surface area contributed by atoms with Crippen molar-refractivity contribution in [1.29, 1.82) is 0 Å². The van der Waals surface area contributed by atoms with Gasteiger partial charge in [-0.15, -0.1) is 0 Å². The molecule has 0 aromatic heterocycles. The summed E-state index contributed by atoms with van der Waals surface area (Å²) in [5.74, 6) is -0.856. The number of carbonyl (C=O) groups is 2. The van der Waals surface area contributed by atoms with E-state index in [1.165, 1.54) is 89.9 Å². The van der Waals surface area contributed by atoms with E-state index < -0.39 is 26.5 Å². The zero-order valence-electron chi connectivity index (χ0n) is 38.9. The molecule has 0 fully saturated rings. The van der Waals surface area contributed by atoms with Gasteiger partial charge in [-0.25, -0.2) is 4.57 Å². The quantitative estimate of drug-likeness (QED) is 0.0265. The summed E-state index contributed by atoms with van der Waals surface area (Å²) in [6, 6.07) is 0. The maximum atomic E-state index is 12.6. The van der Waals surface area contributed by atoms with Gasteiger partial charge in [0.1, 0.15) is 6.61 Å². The molecule has 0 aliphatic carbocycles. The van der Waals surface area contributed by atoms with Crippen molar-refractivity contribution < 1.29 is 37.6 Å². The topological polar surface area (TPSA) is 134 Å². The molecule has 352 valence electrons. The predicted octanol–water partition coefficient (Wildman–Crippen LogP) is 14.6. The third kappa shape index (κ3) is 46.8. The van der Waals surface area contributed by atoms with Crippen molar-refractivity contribution in [1.82, 2.24) is 0 Å². The number of phosphoric ester groups is 1. The van der Waals surface area contributed by atoms with Crippen molar-refractivity contribution in [2.24, 2.45) is 5.73 Å². The van der Waals surface area contributed by atoms with Gasteiger partial charge in [0.05, 0.1) is 13.2 Å². The van der Waals surface area contributed by atoms with E-state index in [1.54, 1.807) is 0 Å². The van der Waals surface area contributed by atoms with Crippen LogP contribution in [0.15, 0.2) is 72.9 Å². The number of ether oxygens (including phenoxy) is 2. The Morgan fingerprint density at radius 3 is 1.34 bits per heavy atom. The Bertz CT molecular complexity index is 1230. The van der Waals surface area contributed by atoms with Crippen LogP contribution in [0.3, 0.4) is 0 Å². The van der Waals surface area contributed by atoms with E-state index in [-0.39, 0.29) is 38.6 Å². The second kappa shape index (κ2) is 46.9. The van der Waals surface area contributed by atoms with Gasteiger partial charge >= 0.3 is 19.8 Å². The number of nitrogens with two attached hydrogens (primary N) is 1. The molecule has 0 aromatic carbocycles. The Balaban J connectivity index is 4.15. The molecule has 0 radical (unpaired) electrons. The highest BCUT2D eigenvalue weighted by Crippen LogP contribution is 2.43. The van der Waals surface area contributed by atoms with E-state index in [9.17, 15) is 19.0 Å². The van der Waals surface area contributed by atoms with E-state index in [0.717, 1.165) is 83.5 Å². The molecule has 2 unspecified atom stereocenters. The minimum Gasteiger partial charge on any atom is -0.462 e. The number of phosphoric acid groups is 1. The molecule has 0 heterocycles. The van der Waals surface area contributed by atoms with Gasteiger partial charge in [0, 0.05) is 19.4 Å². The van der Waals surface area contributed by atoms with Crippen molar-refractivity contribution in [2.45, 2.75) is 213 Å². The van der Waals surface area contributed by atoms with Crippen molar-refractivity contribution >= 4 is 19.8 Å². The molecule has 3 N–H and O–H groups in total. The van der Waals surface area contributed by atoms with Crippen LogP contribution in [0.1, 0.15) is 206 Å². The predicted molar refractivity (Wildman–Crippen MR) is 256 cm³/mol. The van der Waals surface area contributed by atoms with Crippen molar-refractivity contribution in [3.05, 3.63) is 72.9 Å². The van der Waals surface area contributed by atoms with Crippen LogP contribution in [0.5, 0.6) is 0 Å². The van der Waals surface area contributed by atoms with Gasteiger partial charge in [0.2, 0.25) is 0 Å². The largest absolute Gasteiger partial charge is 0.472 e. The lowest BCUT2D eigenvalue weighted by Gasteiger charge is -2.19. The van der Waals surface area contributed by atoms with Gasteiger partial charge in [0.25, 0.3) is 0 Å². The average molecular weight is 876 g/mol. The van der Waals surface area contributed by atoms with Crippen LogP contribution >= 0.6 is 7.82 Å². The van der Waals surface area contributed by atoms with Crippen molar-refractivity contribution in [3.8, 4) is 0 Å². The molecular formula is C51H90NO8P. The van der Waals surface area contributed by atoms with Crippen LogP contribution in [0.4, 0.5) is 0 Å². The highest BCUT2D eigenvalue weighted by molar-refractivity contribution is 7.47.